The predicted octanol–water partition coefficient (Wildman–Crippen LogP) is 4.19. The molecule has 23 heavy (non-hydrogen) atoms. The van der Waals surface area contributed by atoms with Crippen molar-refractivity contribution >= 4 is 23.3 Å². The van der Waals surface area contributed by atoms with Crippen molar-refractivity contribution in [3.8, 4) is 0 Å². The van der Waals surface area contributed by atoms with Crippen LogP contribution in [0.2, 0.25) is 0 Å². The fourth-order valence-electron chi connectivity index (χ4n) is 2.15. The summed E-state index contributed by atoms with van der Waals surface area (Å²) in [5.41, 5.74) is -4.49. The summed E-state index contributed by atoms with van der Waals surface area (Å²) in [5, 5.41) is 21.7. The van der Waals surface area contributed by atoms with Crippen LogP contribution in [0, 0.1) is 26.1 Å². The molecule has 1 aliphatic rings. The van der Waals surface area contributed by atoms with Gasteiger partial charge in [0, 0.05) is 18.2 Å². The number of hydrogen-bond acceptors (Lipinski definition) is 5. The molecule has 0 N–H and O–H groups in total. The lowest BCUT2D eigenvalue weighted by atomic mass is 10.1. The average molecular weight is 329 g/mol. The average Bonchev–Trinajstić information content (AvgIpc) is 2.96. The van der Waals surface area contributed by atoms with E-state index in [4.69, 9.17) is 0 Å². The lowest BCUT2D eigenvalue weighted by molar-refractivity contribution is -0.394. The van der Waals surface area contributed by atoms with E-state index < -0.39 is 38.6 Å². The zero-order valence-corrected chi connectivity index (χ0v) is 11.5. The van der Waals surface area contributed by atoms with Crippen LogP contribution < -0.4 is 0 Å². The van der Waals surface area contributed by atoms with Gasteiger partial charge in [-0.2, -0.15) is 13.2 Å². The molecule has 0 saturated carbocycles. The summed E-state index contributed by atoms with van der Waals surface area (Å²) in [6, 6.07) is 0.733. The van der Waals surface area contributed by atoms with Gasteiger partial charge in [0.15, 0.2) is 5.69 Å². The van der Waals surface area contributed by atoms with Gasteiger partial charge in [0.05, 0.1) is 21.5 Å². The number of nitrogens with zero attached hydrogens (tertiary/aromatic N) is 3. The maximum atomic E-state index is 13.1. The first-order valence-corrected chi connectivity index (χ1v) is 6.45. The lowest BCUT2D eigenvalue weighted by Gasteiger charge is -2.10. The molecule has 1 aromatic rings. The number of alkyl halides is 3. The summed E-state index contributed by atoms with van der Waals surface area (Å²) >= 11 is 0. The van der Waals surface area contributed by atoms with Crippen molar-refractivity contribution in [2.45, 2.75) is 19.0 Å². The van der Waals surface area contributed by atoms with Gasteiger partial charge in [0.25, 0.3) is 5.69 Å². The molecular formula is C13H10F3N3O4. The molecule has 1 aromatic carbocycles. The number of hydrogen-bond donors (Lipinski definition) is 0. The number of rotatable bonds is 4. The SMILES string of the molecule is O=[N+]([O-])c1cc([N+](=O)[O-])c(N=CC2C=CCC2)c(C(F)(F)F)c1. The maximum absolute atomic E-state index is 13.1. The highest BCUT2D eigenvalue weighted by Gasteiger charge is 2.39. The minimum Gasteiger partial charge on any atom is -0.258 e. The van der Waals surface area contributed by atoms with Crippen molar-refractivity contribution in [2.24, 2.45) is 10.9 Å². The number of benzene rings is 1. The molecule has 2 rings (SSSR count). The molecular weight excluding hydrogens is 319 g/mol. The predicted molar refractivity (Wildman–Crippen MR) is 74.8 cm³/mol. The highest BCUT2D eigenvalue weighted by molar-refractivity contribution is 5.76. The van der Waals surface area contributed by atoms with Crippen LogP contribution in [0.4, 0.5) is 30.2 Å². The molecule has 0 aliphatic heterocycles. The summed E-state index contributed by atoms with van der Waals surface area (Å²) < 4.78 is 39.3. The van der Waals surface area contributed by atoms with Crippen LogP contribution >= 0.6 is 0 Å². The number of nitro groups is 2. The Labute approximate surface area is 127 Å². The summed E-state index contributed by atoms with van der Waals surface area (Å²) in [6.07, 6.45) is 1.12. The summed E-state index contributed by atoms with van der Waals surface area (Å²) in [7, 11) is 0. The van der Waals surface area contributed by atoms with Gasteiger partial charge in [-0.3, -0.25) is 25.2 Å². The first kappa shape index (κ1) is 16.6. The van der Waals surface area contributed by atoms with Gasteiger partial charge in [0.1, 0.15) is 0 Å². The fourth-order valence-corrected chi connectivity index (χ4v) is 2.15. The molecule has 0 bridgehead atoms. The largest absolute Gasteiger partial charge is 0.418 e. The molecule has 0 spiro atoms. The van der Waals surface area contributed by atoms with Crippen LogP contribution in [0.1, 0.15) is 18.4 Å². The molecule has 1 unspecified atom stereocenters. The Balaban J connectivity index is 2.62. The van der Waals surface area contributed by atoms with Crippen LogP contribution in [0.3, 0.4) is 0 Å². The van der Waals surface area contributed by atoms with Crippen LogP contribution in [0.15, 0.2) is 29.3 Å². The van der Waals surface area contributed by atoms with E-state index in [9.17, 15) is 33.4 Å². The van der Waals surface area contributed by atoms with E-state index in [2.05, 4.69) is 4.99 Å². The second-order valence-corrected chi connectivity index (χ2v) is 4.82. The second kappa shape index (κ2) is 6.15. The summed E-state index contributed by atoms with van der Waals surface area (Å²) in [5.74, 6) is -0.217. The van der Waals surface area contributed by atoms with Gasteiger partial charge in [-0.25, -0.2) is 0 Å². The van der Waals surface area contributed by atoms with E-state index in [1.54, 1.807) is 6.08 Å². The molecule has 7 nitrogen and oxygen atoms in total. The molecule has 0 radical (unpaired) electrons. The van der Waals surface area contributed by atoms with Gasteiger partial charge in [-0.05, 0) is 12.8 Å². The quantitative estimate of drug-likeness (QED) is 0.358. The third-order valence-corrected chi connectivity index (χ3v) is 3.23. The third kappa shape index (κ3) is 3.71. The van der Waals surface area contributed by atoms with Gasteiger partial charge in [-0.15, -0.1) is 0 Å². The number of allylic oxidation sites excluding steroid dienone is 2. The highest BCUT2D eigenvalue weighted by Crippen LogP contribution is 2.44. The van der Waals surface area contributed by atoms with Gasteiger partial charge < -0.3 is 0 Å². The topological polar surface area (TPSA) is 98.6 Å². The Morgan fingerprint density at radius 1 is 1.22 bits per heavy atom. The molecule has 122 valence electrons. The maximum Gasteiger partial charge on any atom is 0.418 e. The molecule has 0 aromatic heterocycles. The Hall–Kier alpha value is -2.78. The van der Waals surface area contributed by atoms with E-state index in [1.807, 2.05) is 6.08 Å². The monoisotopic (exact) mass is 329 g/mol. The summed E-state index contributed by atoms with van der Waals surface area (Å²) in [4.78, 5) is 23.1. The van der Waals surface area contributed by atoms with Gasteiger partial charge in [0.2, 0.25) is 0 Å². The third-order valence-electron chi connectivity index (χ3n) is 3.23. The molecule has 1 atom stereocenters. The Morgan fingerprint density at radius 2 is 1.91 bits per heavy atom. The second-order valence-electron chi connectivity index (χ2n) is 4.82. The van der Waals surface area contributed by atoms with Gasteiger partial charge in [-0.1, -0.05) is 12.2 Å². The van der Waals surface area contributed by atoms with E-state index in [1.165, 1.54) is 6.21 Å². The minimum atomic E-state index is -5.00. The van der Waals surface area contributed by atoms with Crippen molar-refractivity contribution in [3.05, 3.63) is 50.1 Å². The molecule has 10 heteroatoms. The Morgan fingerprint density at radius 3 is 2.39 bits per heavy atom. The van der Waals surface area contributed by atoms with Crippen LogP contribution in [0.5, 0.6) is 0 Å². The first-order valence-electron chi connectivity index (χ1n) is 6.45. The van der Waals surface area contributed by atoms with Crippen LogP contribution in [-0.2, 0) is 6.18 Å². The van der Waals surface area contributed by atoms with Crippen LogP contribution in [-0.4, -0.2) is 16.1 Å². The number of non-ortho nitro benzene ring substituents is 1. The van der Waals surface area contributed by atoms with Crippen molar-refractivity contribution in [1.29, 1.82) is 0 Å². The van der Waals surface area contributed by atoms with Crippen molar-refractivity contribution < 1.29 is 23.0 Å². The number of aliphatic imine (C=N–C) groups is 1. The Bertz CT molecular complexity index is 713. The Kier molecular flexibility index (Phi) is 4.43. The first-order chi connectivity index (χ1) is 10.7. The van der Waals surface area contributed by atoms with Crippen molar-refractivity contribution in [3.63, 3.8) is 0 Å². The number of halogens is 3. The van der Waals surface area contributed by atoms with E-state index in [-0.39, 0.29) is 12.0 Å². The molecule has 0 fully saturated rings. The van der Waals surface area contributed by atoms with E-state index in [0.29, 0.717) is 12.5 Å². The van der Waals surface area contributed by atoms with Gasteiger partial charge >= 0.3 is 11.9 Å². The molecule has 0 saturated heterocycles. The van der Waals surface area contributed by atoms with Crippen LogP contribution in [0.25, 0.3) is 0 Å². The zero-order valence-electron chi connectivity index (χ0n) is 11.5. The zero-order chi connectivity index (χ0) is 17.2. The standard InChI is InChI=1S/C13H10F3N3O4/c14-13(15,16)10-5-9(18(20)21)6-11(19(22)23)12(10)17-7-8-3-1-2-4-8/h1,3,5-8H,2,4H2. The molecule has 1 aliphatic carbocycles. The lowest BCUT2D eigenvalue weighted by Crippen LogP contribution is -2.08. The molecule has 0 amide bonds. The summed E-state index contributed by atoms with van der Waals surface area (Å²) in [6.45, 7) is 0. The molecule has 0 heterocycles. The fraction of sp³-hybridized carbons (Fsp3) is 0.308. The minimum absolute atomic E-state index is 0.217. The van der Waals surface area contributed by atoms with Crippen molar-refractivity contribution in [1.82, 2.24) is 0 Å². The highest BCUT2D eigenvalue weighted by atomic mass is 19.4. The van der Waals surface area contributed by atoms with E-state index >= 15 is 0 Å². The van der Waals surface area contributed by atoms with Crippen molar-refractivity contribution in [2.75, 3.05) is 0 Å². The normalized spacial score (nSPS) is 17.8. The van der Waals surface area contributed by atoms with E-state index in [0.717, 1.165) is 6.42 Å². The smallest absolute Gasteiger partial charge is 0.258 e. The number of nitro benzene ring substituents is 2.